The van der Waals surface area contributed by atoms with Crippen LogP contribution in [0.3, 0.4) is 0 Å². The molecule has 0 amide bonds. The predicted molar refractivity (Wildman–Crippen MR) is 102 cm³/mol. The van der Waals surface area contributed by atoms with Crippen LogP contribution < -0.4 is 25.7 Å². The zero-order chi connectivity index (χ0) is 18.5. The molecule has 3 aromatic rings. The molecular formula is C21H20N2O3. The van der Waals surface area contributed by atoms with Crippen molar-refractivity contribution in [3.8, 4) is 11.6 Å². The standard InChI is InChI=1S/C21H20N2O3/c1-23-19(14-16-9-11-17(25-2)12-10-16)20(26-3)22-18(21(23)24)13-15-7-5-4-6-8-15/h4-14H,1-3H3. The molecule has 2 aromatic carbocycles. The highest BCUT2D eigenvalue weighted by Gasteiger charge is 2.06. The Hall–Kier alpha value is -3.34. The molecule has 0 aliphatic rings. The van der Waals surface area contributed by atoms with Gasteiger partial charge in [-0.2, -0.15) is 0 Å². The molecule has 3 rings (SSSR count). The SMILES string of the molecule is COc1ccc(C=c2c(OC)nc(=Cc3ccccc3)c(=O)n2C)cc1. The van der Waals surface area contributed by atoms with E-state index in [-0.39, 0.29) is 5.56 Å². The summed E-state index contributed by atoms with van der Waals surface area (Å²) in [6, 6.07) is 17.1. The number of aromatic nitrogens is 2. The van der Waals surface area contributed by atoms with Crippen LogP contribution in [-0.2, 0) is 7.05 Å². The van der Waals surface area contributed by atoms with Crippen molar-refractivity contribution >= 4 is 12.2 Å². The lowest BCUT2D eigenvalue weighted by Gasteiger charge is -2.06. The van der Waals surface area contributed by atoms with E-state index in [0.29, 0.717) is 16.6 Å². The summed E-state index contributed by atoms with van der Waals surface area (Å²) in [5.41, 5.74) is 1.64. The molecule has 0 aliphatic carbocycles. The average Bonchev–Trinajstić information content (AvgIpc) is 2.69. The van der Waals surface area contributed by atoms with Gasteiger partial charge in [-0.05, 0) is 35.4 Å². The van der Waals surface area contributed by atoms with Crippen LogP contribution >= 0.6 is 0 Å². The summed E-state index contributed by atoms with van der Waals surface area (Å²) in [7, 11) is 4.88. The normalized spacial score (nSPS) is 12.3. The lowest BCUT2D eigenvalue weighted by atomic mass is 10.2. The van der Waals surface area contributed by atoms with E-state index in [1.54, 1.807) is 31.9 Å². The van der Waals surface area contributed by atoms with E-state index in [1.807, 2.05) is 60.7 Å². The third-order valence-corrected chi connectivity index (χ3v) is 4.04. The summed E-state index contributed by atoms with van der Waals surface area (Å²) in [5, 5.41) is 0.940. The fourth-order valence-electron chi connectivity index (χ4n) is 2.61. The Balaban J connectivity index is 2.18. The predicted octanol–water partition coefficient (Wildman–Crippen LogP) is 1.46. The van der Waals surface area contributed by atoms with Crippen LogP contribution in [-0.4, -0.2) is 23.8 Å². The Bertz CT molecular complexity index is 1070. The maximum atomic E-state index is 12.7. The van der Waals surface area contributed by atoms with Gasteiger partial charge in [0.25, 0.3) is 5.56 Å². The van der Waals surface area contributed by atoms with E-state index in [4.69, 9.17) is 9.47 Å². The van der Waals surface area contributed by atoms with Gasteiger partial charge in [0.15, 0.2) is 0 Å². The van der Waals surface area contributed by atoms with Gasteiger partial charge < -0.3 is 14.0 Å². The molecule has 0 spiro atoms. The summed E-state index contributed by atoms with van der Waals surface area (Å²) in [4.78, 5) is 17.1. The van der Waals surface area contributed by atoms with Gasteiger partial charge in [0.2, 0.25) is 5.88 Å². The number of benzene rings is 2. The number of rotatable bonds is 4. The molecule has 5 nitrogen and oxygen atoms in total. The molecule has 0 radical (unpaired) electrons. The third kappa shape index (κ3) is 3.67. The second-order valence-electron chi connectivity index (χ2n) is 5.73. The van der Waals surface area contributed by atoms with Gasteiger partial charge >= 0.3 is 0 Å². The molecule has 26 heavy (non-hydrogen) atoms. The molecule has 0 atom stereocenters. The lowest BCUT2D eigenvalue weighted by Crippen LogP contribution is -2.44. The first kappa shape index (κ1) is 17.5. The van der Waals surface area contributed by atoms with Crippen molar-refractivity contribution in [2.45, 2.75) is 0 Å². The number of hydrogen-bond donors (Lipinski definition) is 0. The van der Waals surface area contributed by atoms with Gasteiger partial charge in [0, 0.05) is 7.05 Å². The first-order chi connectivity index (χ1) is 12.6. The van der Waals surface area contributed by atoms with E-state index in [1.165, 1.54) is 0 Å². The zero-order valence-corrected chi connectivity index (χ0v) is 15.0. The first-order valence-corrected chi connectivity index (χ1v) is 8.16. The third-order valence-electron chi connectivity index (χ3n) is 4.04. The summed E-state index contributed by atoms with van der Waals surface area (Å²) >= 11 is 0. The lowest BCUT2D eigenvalue weighted by molar-refractivity contribution is 0.385. The molecule has 0 saturated carbocycles. The van der Waals surface area contributed by atoms with Crippen molar-refractivity contribution in [1.29, 1.82) is 0 Å². The van der Waals surface area contributed by atoms with Crippen LogP contribution in [0, 0.1) is 0 Å². The highest BCUT2D eigenvalue weighted by molar-refractivity contribution is 5.52. The molecule has 0 N–H and O–H groups in total. The second-order valence-corrected chi connectivity index (χ2v) is 5.73. The smallest absolute Gasteiger partial charge is 0.276 e. The second kappa shape index (κ2) is 7.70. The molecule has 1 aromatic heterocycles. The Morgan fingerprint density at radius 1 is 0.885 bits per heavy atom. The minimum Gasteiger partial charge on any atom is -0.497 e. The number of hydrogen-bond acceptors (Lipinski definition) is 4. The molecule has 0 fully saturated rings. The van der Waals surface area contributed by atoms with Crippen LogP contribution in [0.5, 0.6) is 11.6 Å². The van der Waals surface area contributed by atoms with Crippen molar-refractivity contribution < 1.29 is 9.47 Å². The number of nitrogens with zero attached hydrogens (tertiary/aromatic N) is 2. The summed E-state index contributed by atoms with van der Waals surface area (Å²) < 4.78 is 12.1. The summed E-state index contributed by atoms with van der Waals surface area (Å²) in [5.74, 6) is 1.17. The zero-order valence-electron chi connectivity index (χ0n) is 15.0. The quantitative estimate of drug-likeness (QED) is 0.716. The van der Waals surface area contributed by atoms with Gasteiger partial charge in [0.1, 0.15) is 16.4 Å². The Labute approximate surface area is 151 Å². The highest BCUT2D eigenvalue weighted by atomic mass is 16.5. The molecule has 0 saturated heterocycles. The summed E-state index contributed by atoms with van der Waals surface area (Å²) in [6.07, 6.45) is 3.61. The van der Waals surface area contributed by atoms with Gasteiger partial charge in [-0.1, -0.05) is 42.5 Å². The fraction of sp³-hybridized carbons (Fsp3) is 0.143. The van der Waals surface area contributed by atoms with Crippen LogP contribution in [0.2, 0.25) is 0 Å². The van der Waals surface area contributed by atoms with Gasteiger partial charge in [0.05, 0.1) is 14.2 Å². The van der Waals surface area contributed by atoms with Gasteiger partial charge in [-0.15, -0.1) is 0 Å². The minimum absolute atomic E-state index is 0.186. The number of ether oxygens (including phenoxy) is 2. The Kier molecular flexibility index (Phi) is 5.17. The monoisotopic (exact) mass is 348 g/mol. The highest BCUT2D eigenvalue weighted by Crippen LogP contribution is 2.11. The summed E-state index contributed by atoms with van der Waals surface area (Å²) in [6.45, 7) is 0. The topological polar surface area (TPSA) is 53.4 Å². The maximum absolute atomic E-state index is 12.7. The fourth-order valence-corrected chi connectivity index (χ4v) is 2.61. The van der Waals surface area contributed by atoms with Crippen molar-refractivity contribution in [2.24, 2.45) is 7.05 Å². The van der Waals surface area contributed by atoms with Crippen molar-refractivity contribution in [2.75, 3.05) is 14.2 Å². The first-order valence-electron chi connectivity index (χ1n) is 8.16. The number of methoxy groups -OCH3 is 2. The molecule has 1 heterocycles. The van der Waals surface area contributed by atoms with Crippen molar-refractivity contribution in [3.05, 3.63) is 86.8 Å². The molecule has 0 aliphatic heterocycles. The van der Waals surface area contributed by atoms with Crippen LogP contribution in [0.15, 0.2) is 59.4 Å². The van der Waals surface area contributed by atoms with Gasteiger partial charge in [-0.3, -0.25) is 4.79 Å². The molecule has 0 unspecified atom stereocenters. The average molecular weight is 348 g/mol. The molecule has 5 heteroatoms. The van der Waals surface area contributed by atoms with E-state index >= 15 is 0 Å². The maximum Gasteiger partial charge on any atom is 0.276 e. The Morgan fingerprint density at radius 3 is 2.15 bits per heavy atom. The van der Waals surface area contributed by atoms with E-state index in [0.717, 1.165) is 16.9 Å². The minimum atomic E-state index is -0.186. The van der Waals surface area contributed by atoms with E-state index < -0.39 is 0 Å². The molecule has 0 bridgehead atoms. The molecule has 132 valence electrons. The van der Waals surface area contributed by atoms with Crippen LogP contribution in [0.4, 0.5) is 0 Å². The van der Waals surface area contributed by atoms with Crippen LogP contribution in [0.1, 0.15) is 11.1 Å². The Morgan fingerprint density at radius 2 is 1.54 bits per heavy atom. The van der Waals surface area contributed by atoms with Crippen LogP contribution in [0.25, 0.3) is 12.2 Å². The van der Waals surface area contributed by atoms with Gasteiger partial charge in [-0.25, -0.2) is 4.98 Å². The largest absolute Gasteiger partial charge is 0.497 e. The molecular weight excluding hydrogens is 328 g/mol. The van der Waals surface area contributed by atoms with E-state index in [2.05, 4.69) is 4.98 Å². The van der Waals surface area contributed by atoms with Crippen molar-refractivity contribution in [3.63, 3.8) is 0 Å². The van der Waals surface area contributed by atoms with Crippen molar-refractivity contribution in [1.82, 2.24) is 9.55 Å². The van der Waals surface area contributed by atoms with E-state index in [9.17, 15) is 4.79 Å².